The molecule has 0 amide bonds. The smallest absolute Gasteiger partial charge is 0.180 e. The van der Waals surface area contributed by atoms with Crippen molar-refractivity contribution < 1.29 is 9.53 Å². The summed E-state index contributed by atoms with van der Waals surface area (Å²) in [7, 11) is 3.63. The molecular weight excluding hydrogens is 270 g/mol. The Hall–Kier alpha value is -1.00. The van der Waals surface area contributed by atoms with E-state index in [2.05, 4.69) is 18.1 Å². The van der Waals surface area contributed by atoms with Crippen LogP contribution in [-0.4, -0.2) is 49.4 Å². The number of aryl methyl sites for hydroxylation is 1. The Morgan fingerprint density at radius 2 is 2.15 bits per heavy atom. The number of nitrogens with zero attached hydrogens (tertiary/aromatic N) is 1. The van der Waals surface area contributed by atoms with Gasteiger partial charge < -0.3 is 4.74 Å². The summed E-state index contributed by atoms with van der Waals surface area (Å²) in [4.78, 5) is 14.6. The van der Waals surface area contributed by atoms with Crippen molar-refractivity contribution in [3.05, 3.63) is 29.3 Å². The van der Waals surface area contributed by atoms with Crippen LogP contribution in [0.15, 0.2) is 18.2 Å². The van der Waals surface area contributed by atoms with Crippen molar-refractivity contribution in [1.82, 2.24) is 4.90 Å². The summed E-state index contributed by atoms with van der Waals surface area (Å²) in [5.41, 5.74) is 1.77. The molecule has 0 aliphatic carbocycles. The van der Waals surface area contributed by atoms with Gasteiger partial charge >= 0.3 is 0 Å². The third-order valence-corrected chi connectivity index (χ3v) is 4.22. The van der Waals surface area contributed by atoms with E-state index in [0.29, 0.717) is 23.9 Å². The molecule has 0 aromatic heterocycles. The number of methoxy groups -OCH3 is 1. The summed E-state index contributed by atoms with van der Waals surface area (Å²) >= 11 is 1.82. The fourth-order valence-corrected chi connectivity index (χ4v) is 3.09. The van der Waals surface area contributed by atoms with Gasteiger partial charge in [-0.1, -0.05) is 13.0 Å². The molecule has 0 saturated heterocycles. The van der Waals surface area contributed by atoms with Gasteiger partial charge in [0, 0.05) is 11.8 Å². The molecule has 1 aromatic rings. The molecule has 112 valence electrons. The predicted octanol–water partition coefficient (Wildman–Crippen LogP) is 3.26. The number of carbonyl (C=O) groups excluding carboxylic acids is 1. The van der Waals surface area contributed by atoms with Crippen LogP contribution in [0.3, 0.4) is 0 Å². The van der Waals surface area contributed by atoms with Crippen LogP contribution in [0.2, 0.25) is 0 Å². The topological polar surface area (TPSA) is 29.5 Å². The van der Waals surface area contributed by atoms with Crippen LogP contribution in [-0.2, 0) is 0 Å². The minimum absolute atomic E-state index is 0.115. The van der Waals surface area contributed by atoms with Gasteiger partial charge in [-0.05, 0) is 44.3 Å². The molecule has 3 nitrogen and oxygen atoms in total. The average molecular weight is 295 g/mol. The van der Waals surface area contributed by atoms with Gasteiger partial charge in [0.25, 0.3) is 0 Å². The Morgan fingerprint density at radius 1 is 1.45 bits per heavy atom. The van der Waals surface area contributed by atoms with Crippen LogP contribution in [0.1, 0.15) is 29.3 Å². The lowest BCUT2D eigenvalue weighted by Crippen LogP contribution is -2.37. The first-order valence-electron chi connectivity index (χ1n) is 6.90. The standard InChI is InChI=1S/C16H25NO2S/c1-6-13(11-20-5)17(3)10-15(18)14-8-7-12(2)9-16(14)19-4/h7-9,13H,6,10-11H2,1-5H3. The number of thioether (sulfide) groups is 1. The number of Topliss-reactive ketones (excluding diaryl/α,β-unsaturated/α-hetero) is 1. The van der Waals surface area contributed by atoms with Gasteiger partial charge in [0.15, 0.2) is 5.78 Å². The van der Waals surface area contributed by atoms with E-state index in [-0.39, 0.29) is 5.78 Å². The van der Waals surface area contributed by atoms with Crippen LogP contribution in [0.4, 0.5) is 0 Å². The molecule has 0 bridgehead atoms. The highest BCUT2D eigenvalue weighted by molar-refractivity contribution is 7.98. The van der Waals surface area contributed by atoms with Crippen molar-refractivity contribution in [2.45, 2.75) is 26.3 Å². The van der Waals surface area contributed by atoms with Crippen molar-refractivity contribution in [3.63, 3.8) is 0 Å². The first-order chi connectivity index (χ1) is 9.53. The summed E-state index contributed by atoms with van der Waals surface area (Å²) in [5, 5.41) is 0. The summed E-state index contributed by atoms with van der Waals surface area (Å²) in [5.74, 6) is 1.83. The van der Waals surface area contributed by atoms with Crippen molar-refractivity contribution in [2.75, 3.05) is 32.7 Å². The van der Waals surface area contributed by atoms with E-state index in [0.717, 1.165) is 17.7 Å². The van der Waals surface area contributed by atoms with E-state index in [1.54, 1.807) is 7.11 Å². The van der Waals surface area contributed by atoms with E-state index in [1.165, 1.54) is 0 Å². The SMILES string of the molecule is CCC(CSC)N(C)CC(=O)c1ccc(C)cc1OC. The third kappa shape index (κ3) is 4.53. The summed E-state index contributed by atoms with van der Waals surface area (Å²) in [6.07, 6.45) is 3.15. The lowest BCUT2D eigenvalue weighted by atomic mass is 10.1. The Kier molecular flexibility index (Phi) is 7.10. The quantitative estimate of drug-likeness (QED) is 0.689. The van der Waals surface area contributed by atoms with Crippen LogP contribution < -0.4 is 4.74 Å². The molecule has 0 aliphatic heterocycles. The lowest BCUT2D eigenvalue weighted by molar-refractivity contribution is 0.0922. The van der Waals surface area contributed by atoms with Crippen LogP contribution in [0.25, 0.3) is 0 Å². The van der Waals surface area contributed by atoms with Gasteiger partial charge in [-0.2, -0.15) is 11.8 Å². The number of hydrogen-bond donors (Lipinski definition) is 0. The van der Waals surface area contributed by atoms with E-state index in [9.17, 15) is 4.79 Å². The van der Waals surface area contributed by atoms with E-state index in [1.807, 2.05) is 43.9 Å². The number of ketones is 1. The molecule has 1 atom stereocenters. The zero-order chi connectivity index (χ0) is 15.1. The number of hydrogen-bond acceptors (Lipinski definition) is 4. The Bertz CT molecular complexity index is 448. The van der Waals surface area contributed by atoms with Gasteiger partial charge in [0.05, 0.1) is 19.2 Å². The summed E-state index contributed by atoms with van der Waals surface area (Å²) < 4.78 is 5.32. The van der Waals surface area contributed by atoms with Crippen LogP contribution >= 0.6 is 11.8 Å². The van der Waals surface area contributed by atoms with Crippen molar-refractivity contribution in [1.29, 1.82) is 0 Å². The number of carbonyl (C=O) groups is 1. The van der Waals surface area contributed by atoms with Gasteiger partial charge in [-0.15, -0.1) is 0 Å². The highest BCUT2D eigenvalue weighted by Crippen LogP contribution is 2.21. The van der Waals surface area contributed by atoms with E-state index < -0.39 is 0 Å². The average Bonchev–Trinajstić information content (AvgIpc) is 2.44. The second kappa shape index (κ2) is 8.32. The van der Waals surface area contributed by atoms with Gasteiger partial charge in [-0.3, -0.25) is 9.69 Å². The second-order valence-electron chi connectivity index (χ2n) is 5.06. The highest BCUT2D eigenvalue weighted by Gasteiger charge is 2.18. The fraction of sp³-hybridized carbons (Fsp3) is 0.562. The predicted molar refractivity (Wildman–Crippen MR) is 87.2 cm³/mol. The van der Waals surface area contributed by atoms with Gasteiger partial charge in [-0.25, -0.2) is 0 Å². The molecular formula is C16H25NO2S. The number of benzene rings is 1. The molecule has 0 heterocycles. The van der Waals surface area contributed by atoms with E-state index in [4.69, 9.17) is 4.74 Å². The molecule has 0 radical (unpaired) electrons. The molecule has 1 aromatic carbocycles. The number of rotatable bonds is 8. The maximum atomic E-state index is 12.4. The van der Waals surface area contributed by atoms with Crippen LogP contribution in [0.5, 0.6) is 5.75 Å². The summed E-state index contributed by atoms with van der Waals surface area (Å²) in [6, 6.07) is 6.16. The number of ether oxygens (including phenoxy) is 1. The van der Waals surface area contributed by atoms with E-state index >= 15 is 0 Å². The van der Waals surface area contributed by atoms with Crippen molar-refractivity contribution in [2.24, 2.45) is 0 Å². The maximum absolute atomic E-state index is 12.4. The largest absolute Gasteiger partial charge is 0.496 e. The lowest BCUT2D eigenvalue weighted by Gasteiger charge is -2.26. The molecule has 4 heteroatoms. The zero-order valence-electron chi connectivity index (χ0n) is 13.1. The first kappa shape index (κ1) is 17.1. The normalized spacial score (nSPS) is 12.5. The number of likely N-dealkylation sites (N-methyl/N-ethyl adjacent to an activating group) is 1. The Balaban J connectivity index is 2.80. The summed E-state index contributed by atoms with van der Waals surface area (Å²) in [6.45, 7) is 4.58. The molecule has 0 fully saturated rings. The molecule has 0 aliphatic rings. The molecule has 1 rings (SSSR count). The molecule has 20 heavy (non-hydrogen) atoms. The second-order valence-corrected chi connectivity index (χ2v) is 5.97. The molecule has 0 saturated carbocycles. The first-order valence-corrected chi connectivity index (χ1v) is 8.29. The highest BCUT2D eigenvalue weighted by atomic mass is 32.2. The minimum atomic E-state index is 0.115. The van der Waals surface area contributed by atoms with Crippen LogP contribution in [0, 0.1) is 6.92 Å². The third-order valence-electron chi connectivity index (χ3n) is 3.50. The van der Waals surface area contributed by atoms with Crippen molar-refractivity contribution >= 4 is 17.5 Å². The Labute approximate surface area is 126 Å². The van der Waals surface area contributed by atoms with Gasteiger partial charge in [0.2, 0.25) is 0 Å². The minimum Gasteiger partial charge on any atom is -0.496 e. The zero-order valence-corrected chi connectivity index (χ0v) is 13.9. The molecule has 1 unspecified atom stereocenters. The molecule has 0 spiro atoms. The monoisotopic (exact) mass is 295 g/mol. The van der Waals surface area contributed by atoms with Gasteiger partial charge in [0.1, 0.15) is 5.75 Å². The molecule has 0 N–H and O–H groups in total. The fourth-order valence-electron chi connectivity index (χ4n) is 2.22. The van der Waals surface area contributed by atoms with Crippen molar-refractivity contribution in [3.8, 4) is 5.75 Å². The maximum Gasteiger partial charge on any atom is 0.180 e. The Morgan fingerprint density at radius 3 is 2.70 bits per heavy atom.